The van der Waals surface area contributed by atoms with Gasteiger partial charge in [0, 0.05) is 12.6 Å². The zero-order valence-electron chi connectivity index (χ0n) is 15.1. The van der Waals surface area contributed by atoms with E-state index in [-0.39, 0.29) is 50.0 Å². The summed E-state index contributed by atoms with van der Waals surface area (Å²) in [5.41, 5.74) is -0.367. The molecule has 0 unspecified atom stereocenters. The number of ether oxygens (including phenoxy) is 1. The van der Waals surface area contributed by atoms with E-state index in [0.29, 0.717) is 5.76 Å². The van der Waals surface area contributed by atoms with E-state index in [2.05, 4.69) is 10.5 Å². The second-order valence-corrected chi connectivity index (χ2v) is 7.56. The summed E-state index contributed by atoms with van der Waals surface area (Å²) < 4.78 is 9.61. The SMILES string of the molecule is Cc1cc(NC(=O)COC(=O)CCN2C(=O)c3c(Cl)c(Cl)c(Cl)c(Cl)c3C2=O)no1. The van der Waals surface area contributed by atoms with Crippen LogP contribution in [-0.4, -0.2) is 46.9 Å². The molecule has 0 fully saturated rings. The number of aromatic nitrogens is 1. The quantitative estimate of drug-likeness (QED) is 0.281. The lowest BCUT2D eigenvalue weighted by Crippen LogP contribution is -2.32. The molecule has 0 saturated carbocycles. The van der Waals surface area contributed by atoms with Crippen LogP contribution in [0.4, 0.5) is 5.82 Å². The summed E-state index contributed by atoms with van der Waals surface area (Å²) in [5, 5.41) is 5.22. The average Bonchev–Trinajstić information content (AvgIpc) is 3.21. The molecule has 0 saturated heterocycles. The van der Waals surface area contributed by atoms with Gasteiger partial charge in [-0.15, -0.1) is 0 Å². The van der Waals surface area contributed by atoms with Crippen molar-refractivity contribution in [3.63, 3.8) is 0 Å². The number of hydrogen-bond donors (Lipinski definition) is 1. The Bertz CT molecular complexity index is 1040. The zero-order valence-corrected chi connectivity index (χ0v) is 18.1. The van der Waals surface area contributed by atoms with Gasteiger partial charge in [0.25, 0.3) is 17.7 Å². The Morgan fingerprint density at radius 2 is 1.63 bits per heavy atom. The van der Waals surface area contributed by atoms with Crippen LogP contribution in [0.1, 0.15) is 32.9 Å². The molecule has 0 spiro atoms. The topological polar surface area (TPSA) is 119 Å². The van der Waals surface area contributed by atoms with Crippen LogP contribution in [0.25, 0.3) is 0 Å². The molecule has 1 N–H and O–H groups in total. The molecule has 13 heteroatoms. The van der Waals surface area contributed by atoms with Crippen LogP contribution in [0.2, 0.25) is 20.1 Å². The van der Waals surface area contributed by atoms with Gasteiger partial charge in [-0.2, -0.15) is 0 Å². The third-order valence-corrected chi connectivity index (χ3v) is 5.79. The van der Waals surface area contributed by atoms with E-state index in [1.165, 1.54) is 6.07 Å². The Morgan fingerprint density at radius 1 is 1.07 bits per heavy atom. The number of aryl methyl sites for hydroxylation is 1. The van der Waals surface area contributed by atoms with Crippen molar-refractivity contribution in [1.82, 2.24) is 10.1 Å². The highest BCUT2D eigenvalue weighted by molar-refractivity contribution is 6.55. The third kappa shape index (κ3) is 4.24. The van der Waals surface area contributed by atoms with Crippen LogP contribution in [0, 0.1) is 6.92 Å². The molecule has 3 amide bonds. The number of nitrogens with one attached hydrogen (secondary N) is 1. The Labute approximate surface area is 189 Å². The van der Waals surface area contributed by atoms with Crippen molar-refractivity contribution in [2.45, 2.75) is 13.3 Å². The van der Waals surface area contributed by atoms with Gasteiger partial charge in [0.2, 0.25) is 0 Å². The van der Waals surface area contributed by atoms with Crippen molar-refractivity contribution in [3.05, 3.63) is 43.0 Å². The number of anilines is 1. The summed E-state index contributed by atoms with van der Waals surface area (Å²) in [6, 6.07) is 1.48. The van der Waals surface area contributed by atoms with Gasteiger partial charge in [0.05, 0.1) is 37.6 Å². The smallest absolute Gasteiger partial charge is 0.308 e. The summed E-state index contributed by atoms with van der Waals surface area (Å²) in [4.78, 5) is 49.5. The molecule has 0 bridgehead atoms. The fourth-order valence-electron chi connectivity index (χ4n) is 2.62. The Kier molecular flexibility index (Phi) is 6.56. The predicted octanol–water partition coefficient (Wildman–Crippen LogP) is 3.76. The molecule has 158 valence electrons. The summed E-state index contributed by atoms with van der Waals surface area (Å²) in [6.07, 6.45) is -0.363. The van der Waals surface area contributed by atoms with E-state index < -0.39 is 30.3 Å². The minimum atomic E-state index is -0.814. The molecule has 30 heavy (non-hydrogen) atoms. The average molecular weight is 495 g/mol. The van der Waals surface area contributed by atoms with Gasteiger partial charge in [-0.1, -0.05) is 51.6 Å². The van der Waals surface area contributed by atoms with Gasteiger partial charge in [-0.25, -0.2) is 0 Å². The van der Waals surface area contributed by atoms with E-state index >= 15 is 0 Å². The molecular weight excluding hydrogens is 484 g/mol. The van der Waals surface area contributed by atoms with E-state index in [1.807, 2.05) is 0 Å². The van der Waals surface area contributed by atoms with Gasteiger partial charge < -0.3 is 14.6 Å². The van der Waals surface area contributed by atoms with E-state index in [1.54, 1.807) is 6.92 Å². The van der Waals surface area contributed by atoms with Crippen molar-refractivity contribution in [3.8, 4) is 0 Å². The number of esters is 1. The van der Waals surface area contributed by atoms with Crippen molar-refractivity contribution in [2.75, 3.05) is 18.5 Å². The second kappa shape index (κ2) is 8.81. The lowest BCUT2D eigenvalue weighted by atomic mass is 10.1. The fraction of sp³-hybridized carbons (Fsp3) is 0.235. The molecule has 1 aromatic heterocycles. The van der Waals surface area contributed by atoms with Crippen molar-refractivity contribution in [2.24, 2.45) is 0 Å². The van der Waals surface area contributed by atoms with Gasteiger partial charge >= 0.3 is 5.97 Å². The number of fused-ring (bicyclic) bond motifs is 1. The first-order valence-electron chi connectivity index (χ1n) is 8.22. The van der Waals surface area contributed by atoms with Crippen LogP contribution < -0.4 is 5.32 Å². The third-order valence-electron chi connectivity index (χ3n) is 3.98. The van der Waals surface area contributed by atoms with Crippen LogP contribution in [-0.2, 0) is 14.3 Å². The molecule has 0 atom stereocenters. The second-order valence-electron chi connectivity index (χ2n) is 6.05. The number of hydrogen-bond acceptors (Lipinski definition) is 7. The lowest BCUT2D eigenvalue weighted by Gasteiger charge is -2.13. The molecule has 0 radical (unpaired) electrons. The van der Waals surface area contributed by atoms with Crippen LogP contribution >= 0.6 is 46.4 Å². The number of imide groups is 1. The highest BCUT2D eigenvalue weighted by Gasteiger charge is 2.41. The number of halogens is 4. The minimum Gasteiger partial charge on any atom is -0.456 e. The normalized spacial score (nSPS) is 12.9. The van der Waals surface area contributed by atoms with E-state index in [4.69, 9.17) is 55.7 Å². The molecule has 2 heterocycles. The highest BCUT2D eigenvalue weighted by atomic mass is 35.5. The van der Waals surface area contributed by atoms with Crippen LogP contribution in [0.15, 0.2) is 10.6 Å². The van der Waals surface area contributed by atoms with Crippen molar-refractivity contribution >= 4 is 75.9 Å². The number of carbonyl (C=O) groups is 4. The Hall–Kier alpha value is -2.33. The molecule has 9 nitrogen and oxygen atoms in total. The summed E-state index contributed by atoms with van der Waals surface area (Å²) in [7, 11) is 0. The number of carbonyl (C=O) groups excluding carboxylic acids is 4. The summed E-state index contributed by atoms with van der Waals surface area (Å²) in [6.45, 7) is 0.733. The molecular formula is C17H11Cl4N3O6. The molecule has 1 aliphatic rings. The standard InChI is InChI=1S/C17H11Cl4N3O6/c1-6-4-7(23-30-6)22-8(25)5-29-9(26)2-3-24-16(27)10-11(17(24)28)13(19)15(21)14(20)12(10)18/h4H,2-3,5H2,1H3,(H,22,23,25). The molecule has 2 aromatic rings. The number of rotatable bonds is 6. The summed E-state index contributed by atoms with van der Waals surface area (Å²) >= 11 is 23.9. The molecule has 3 rings (SSSR count). The first kappa shape index (κ1) is 22.4. The van der Waals surface area contributed by atoms with Gasteiger partial charge in [-0.05, 0) is 6.92 Å². The van der Waals surface area contributed by atoms with Gasteiger partial charge in [0.15, 0.2) is 12.4 Å². The van der Waals surface area contributed by atoms with Crippen molar-refractivity contribution in [1.29, 1.82) is 0 Å². The Balaban J connectivity index is 1.58. The minimum absolute atomic E-state index is 0.155. The number of nitrogens with zero attached hydrogens (tertiary/aromatic N) is 2. The number of amides is 3. The first-order valence-corrected chi connectivity index (χ1v) is 9.74. The van der Waals surface area contributed by atoms with Gasteiger partial charge in [0.1, 0.15) is 5.76 Å². The largest absolute Gasteiger partial charge is 0.456 e. The van der Waals surface area contributed by atoms with E-state index in [0.717, 1.165) is 4.90 Å². The first-order chi connectivity index (χ1) is 14.1. The fourth-order valence-corrected chi connectivity index (χ4v) is 3.64. The molecule has 1 aromatic carbocycles. The number of benzene rings is 1. The Morgan fingerprint density at radius 3 is 2.13 bits per heavy atom. The highest BCUT2D eigenvalue weighted by Crippen LogP contribution is 2.44. The summed E-state index contributed by atoms with van der Waals surface area (Å²) in [5.74, 6) is -2.33. The van der Waals surface area contributed by atoms with E-state index in [9.17, 15) is 19.2 Å². The monoisotopic (exact) mass is 493 g/mol. The predicted molar refractivity (Wildman–Crippen MR) is 107 cm³/mol. The maximum Gasteiger partial charge on any atom is 0.308 e. The zero-order chi connectivity index (χ0) is 22.2. The maximum absolute atomic E-state index is 12.6. The van der Waals surface area contributed by atoms with Crippen LogP contribution in [0.5, 0.6) is 0 Å². The molecule has 1 aliphatic heterocycles. The van der Waals surface area contributed by atoms with Crippen LogP contribution in [0.3, 0.4) is 0 Å². The lowest BCUT2D eigenvalue weighted by molar-refractivity contribution is -0.147. The van der Waals surface area contributed by atoms with Crippen molar-refractivity contribution < 1.29 is 28.4 Å². The van der Waals surface area contributed by atoms with Gasteiger partial charge in [-0.3, -0.25) is 24.1 Å². The maximum atomic E-state index is 12.6. The molecule has 0 aliphatic carbocycles.